The highest BCUT2D eigenvalue weighted by Crippen LogP contribution is 2.50. The van der Waals surface area contributed by atoms with Crippen molar-refractivity contribution in [2.24, 2.45) is 28.9 Å². The predicted octanol–water partition coefficient (Wildman–Crippen LogP) is 2.90. The van der Waals surface area contributed by atoms with Crippen molar-refractivity contribution in [3.63, 3.8) is 0 Å². The monoisotopic (exact) mass is 235 g/mol. The number of ketones is 1. The van der Waals surface area contributed by atoms with Crippen LogP contribution in [-0.2, 0) is 4.79 Å². The van der Waals surface area contributed by atoms with Crippen molar-refractivity contribution in [3.8, 4) is 0 Å². The van der Waals surface area contributed by atoms with Gasteiger partial charge in [0.2, 0.25) is 0 Å². The smallest absolute Gasteiger partial charge is 0.133 e. The van der Waals surface area contributed by atoms with Crippen LogP contribution in [0.25, 0.3) is 0 Å². The van der Waals surface area contributed by atoms with Gasteiger partial charge in [-0.05, 0) is 61.8 Å². The third kappa shape index (κ3) is 2.16. The Kier molecular flexibility index (Phi) is 3.02. The summed E-state index contributed by atoms with van der Waals surface area (Å²) in [5.74, 6) is 3.09. The van der Waals surface area contributed by atoms with E-state index in [-0.39, 0.29) is 5.41 Å². The molecule has 3 saturated carbocycles. The molecule has 2 N–H and O–H groups in total. The fraction of sp³-hybridized carbons (Fsp3) is 0.933. The van der Waals surface area contributed by atoms with E-state index in [1.54, 1.807) is 0 Å². The van der Waals surface area contributed by atoms with E-state index in [2.05, 4.69) is 0 Å². The molecule has 3 rings (SSSR count). The van der Waals surface area contributed by atoms with Gasteiger partial charge in [0.1, 0.15) is 5.78 Å². The largest absolute Gasteiger partial charge is 0.330 e. The average molecular weight is 235 g/mol. The molecule has 2 nitrogen and oxygen atoms in total. The maximum Gasteiger partial charge on any atom is 0.133 e. The third-order valence-electron chi connectivity index (χ3n) is 5.79. The normalized spacial score (nSPS) is 38.1. The molecular weight excluding hydrogens is 210 g/mol. The highest BCUT2D eigenvalue weighted by atomic mass is 16.1. The van der Waals surface area contributed by atoms with E-state index in [4.69, 9.17) is 5.73 Å². The number of hydrogen-bond donors (Lipinski definition) is 1. The summed E-state index contributed by atoms with van der Waals surface area (Å²) in [5.41, 5.74) is 6.05. The van der Waals surface area contributed by atoms with E-state index in [9.17, 15) is 4.79 Å². The number of fused-ring (bicyclic) bond motifs is 2. The molecule has 0 spiro atoms. The highest BCUT2D eigenvalue weighted by Gasteiger charge is 2.42. The van der Waals surface area contributed by atoms with Gasteiger partial charge in [-0.15, -0.1) is 0 Å². The Bertz CT molecular complexity index is 303. The Morgan fingerprint density at radius 3 is 2.53 bits per heavy atom. The molecule has 2 heteroatoms. The number of rotatable bonds is 5. The minimum atomic E-state index is 0.217. The van der Waals surface area contributed by atoms with Crippen molar-refractivity contribution in [2.75, 3.05) is 6.54 Å². The minimum Gasteiger partial charge on any atom is -0.330 e. The van der Waals surface area contributed by atoms with Crippen molar-refractivity contribution in [1.82, 2.24) is 0 Å². The number of nitrogens with two attached hydrogens (primary N) is 1. The topological polar surface area (TPSA) is 43.1 Å². The van der Waals surface area contributed by atoms with E-state index in [1.807, 2.05) is 0 Å². The molecule has 0 aromatic carbocycles. The zero-order valence-electron chi connectivity index (χ0n) is 10.8. The Labute approximate surface area is 104 Å². The van der Waals surface area contributed by atoms with Crippen LogP contribution in [0.15, 0.2) is 0 Å². The fourth-order valence-electron chi connectivity index (χ4n) is 4.54. The molecule has 2 bridgehead atoms. The number of Topliss-reactive ketones (excluding diaryl/α,β-unsaturated/α-hetero) is 1. The van der Waals surface area contributed by atoms with Crippen LogP contribution in [-0.4, -0.2) is 12.3 Å². The number of carbonyl (C=O) groups is 1. The van der Waals surface area contributed by atoms with E-state index in [1.165, 1.54) is 44.9 Å². The van der Waals surface area contributed by atoms with Gasteiger partial charge in [0.05, 0.1) is 0 Å². The molecule has 0 saturated heterocycles. The van der Waals surface area contributed by atoms with Gasteiger partial charge in [-0.3, -0.25) is 4.79 Å². The summed E-state index contributed by atoms with van der Waals surface area (Å²) >= 11 is 0. The lowest BCUT2D eigenvalue weighted by molar-refractivity contribution is -0.123. The molecule has 0 aromatic heterocycles. The summed E-state index contributed by atoms with van der Waals surface area (Å²) < 4.78 is 0. The van der Waals surface area contributed by atoms with Gasteiger partial charge in [-0.1, -0.05) is 12.8 Å². The second-order valence-corrected chi connectivity index (χ2v) is 6.91. The first kappa shape index (κ1) is 11.7. The van der Waals surface area contributed by atoms with E-state index in [0.717, 1.165) is 37.1 Å². The third-order valence-corrected chi connectivity index (χ3v) is 5.79. The molecule has 3 aliphatic carbocycles. The lowest BCUT2D eigenvalue weighted by Gasteiger charge is -2.40. The summed E-state index contributed by atoms with van der Waals surface area (Å²) in [5, 5.41) is 0. The van der Waals surface area contributed by atoms with Gasteiger partial charge < -0.3 is 5.73 Å². The number of carbonyl (C=O) groups excluding carboxylic acids is 1. The van der Waals surface area contributed by atoms with Crippen molar-refractivity contribution in [1.29, 1.82) is 0 Å². The van der Waals surface area contributed by atoms with Crippen LogP contribution in [0, 0.1) is 23.2 Å². The summed E-state index contributed by atoms with van der Waals surface area (Å²) in [7, 11) is 0. The summed E-state index contributed by atoms with van der Waals surface area (Å²) in [6, 6.07) is 0. The molecule has 96 valence electrons. The SMILES string of the molecule is NCC1(CC(=O)CC2CC3CCC2C3)CCC1. The average Bonchev–Trinajstić information content (AvgIpc) is 2.85. The minimum absolute atomic E-state index is 0.217. The Balaban J connectivity index is 1.50. The first-order valence-electron chi connectivity index (χ1n) is 7.42. The van der Waals surface area contributed by atoms with Crippen molar-refractivity contribution in [3.05, 3.63) is 0 Å². The van der Waals surface area contributed by atoms with Crippen LogP contribution in [0.3, 0.4) is 0 Å². The van der Waals surface area contributed by atoms with Crippen molar-refractivity contribution in [2.45, 2.75) is 57.8 Å². The summed E-state index contributed by atoms with van der Waals surface area (Å²) in [4.78, 5) is 12.2. The molecule has 0 radical (unpaired) electrons. The van der Waals surface area contributed by atoms with Gasteiger partial charge in [-0.25, -0.2) is 0 Å². The first-order valence-corrected chi connectivity index (χ1v) is 7.42. The summed E-state index contributed by atoms with van der Waals surface area (Å²) in [6.07, 6.45) is 10.9. The quantitative estimate of drug-likeness (QED) is 0.796. The van der Waals surface area contributed by atoms with Crippen molar-refractivity contribution >= 4 is 5.78 Å². The van der Waals surface area contributed by atoms with E-state index >= 15 is 0 Å². The lowest BCUT2D eigenvalue weighted by Crippen LogP contribution is -2.39. The van der Waals surface area contributed by atoms with Gasteiger partial charge in [0, 0.05) is 12.8 Å². The van der Waals surface area contributed by atoms with Crippen LogP contribution in [0.5, 0.6) is 0 Å². The Hall–Kier alpha value is -0.370. The first-order chi connectivity index (χ1) is 8.21. The standard InChI is InChI=1S/C15H25NO/c16-10-15(4-1-5-15)9-14(17)8-13-7-11-2-3-12(13)6-11/h11-13H,1-10,16H2. The Morgan fingerprint density at radius 1 is 1.24 bits per heavy atom. The molecule has 3 atom stereocenters. The zero-order chi connectivity index (χ0) is 11.9. The van der Waals surface area contributed by atoms with E-state index < -0.39 is 0 Å². The van der Waals surface area contributed by atoms with Gasteiger partial charge >= 0.3 is 0 Å². The molecule has 0 aromatic rings. The zero-order valence-corrected chi connectivity index (χ0v) is 10.8. The maximum absolute atomic E-state index is 12.2. The van der Waals surface area contributed by atoms with Crippen LogP contribution < -0.4 is 5.73 Å². The highest BCUT2D eigenvalue weighted by molar-refractivity contribution is 5.79. The van der Waals surface area contributed by atoms with E-state index in [0.29, 0.717) is 5.78 Å². The van der Waals surface area contributed by atoms with Gasteiger partial charge in [-0.2, -0.15) is 0 Å². The molecule has 3 aliphatic rings. The number of hydrogen-bond acceptors (Lipinski definition) is 2. The van der Waals surface area contributed by atoms with Crippen LogP contribution in [0.1, 0.15) is 57.8 Å². The molecule has 3 unspecified atom stereocenters. The summed E-state index contributed by atoms with van der Waals surface area (Å²) in [6.45, 7) is 0.718. The maximum atomic E-state index is 12.2. The van der Waals surface area contributed by atoms with Gasteiger partial charge in [0.15, 0.2) is 0 Å². The van der Waals surface area contributed by atoms with Crippen LogP contribution in [0.2, 0.25) is 0 Å². The molecule has 0 heterocycles. The van der Waals surface area contributed by atoms with Crippen LogP contribution in [0.4, 0.5) is 0 Å². The van der Waals surface area contributed by atoms with Gasteiger partial charge in [0.25, 0.3) is 0 Å². The molecule has 0 aliphatic heterocycles. The molecule has 3 fully saturated rings. The lowest BCUT2D eigenvalue weighted by atomic mass is 9.65. The second kappa shape index (κ2) is 4.38. The second-order valence-electron chi connectivity index (χ2n) is 6.91. The molecule has 17 heavy (non-hydrogen) atoms. The molecular formula is C15H25NO. The van der Waals surface area contributed by atoms with Crippen molar-refractivity contribution < 1.29 is 4.79 Å². The Morgan fingerprint density at radius 2 is 2.06 bits per heavy atom. The van der Waals surface area contributed by atoms with Crippen LogP contribution >= 0.6 is 0 Å². The molecule has 0 amide bonds. The predicted molar refractivity (Wildman–Crippen MR) is 68.5 cm³/mol. The fourth-order valence-corrected chi connectivity index (χ4v) is 4.54.